The zero-order valence-corrected chi connectivity index (χ0v) is 31.5. The smallest absolute Gasteiger partial charge is 0.319 e. The lowest BCUT2D eigenvalue weighted by Crippen LogP contribution is -2.51. The molecule has 4 aromatic rings. The van der Waals surface area contributed by atoms with Crippen molar-refractivity contribution in [1.82, 2.24) is 24.6 Å². The number of benzene rings is 3. The zero-order valence-electron chi connectivity index (χ0n) is 30.8. The van der Waals surface area contributed by atoms with Crippen LogP contribution in [0.2, 0.25) is 5.02 Å². The van der Waals surface area contributed by atoms with Crippen molar-refractivity contribution in [2.75, 3.05) is 40.3 Å². The van der Waals surface area contributed by atoms with Crippen molar-refractivity contribution in [2.45, 2.75) is 63.5 Å². The Bertz CT molecular complexity index is 2070. The van der Waals surface area contributed by atoms with Gasteiger partial charge in [-0.05, 0) is 84.7 Å². The number of piperidine rings is 3. The molecule has 3 aliphatic rings. The van der Waals surface area contributed by atoms with Crippen molar-refractivity contribution in [3.8, 4) is 16.9 Å². The van der Waals surface area contributed by atoms with Gasteiger partial charge >= 0.3 is 6.03 Å². The highest BCUT2D eigenvalue weighted by Gasteiger charge is 2.32. The number of fused-ring (bicyclic) bond motifs is 1. The summed E-state index contributed by atoms with van der Waals surface area (Å²) >= 11 is 6.96. The molecule has 1 aromatic heterocycles. The highest BCUT2D eigenvalue weighted by molar-refractivity contribution is 6.32. The molecule has 3 aliphatic heterocycles. The van der Waals surface area contributed by atoms with E-state index in [9.17, 15) is 19.2 Å². The molecule has 0 saturated carbocycles. The van der Waals surface area contributed by atoms with E-state index in [-0.39, 0.29) is 35.4 Å². The maximum Gasteiger partial charge on any atom is 0.319 e. The summed E-state index contributed by atoms with van der Waals surface area (Å²) < 4.78 is 7.48. The third-order valence-electron chi connectivity index (χ3n) is 11.6. The predicted molar refractivity (Wildman–Crippen MR) is 207 cm³/mol. The van der Waals surface area contributed by atoms with Gasteiger partial charge in [-0.3, -0.25) is 24.6 Å². The fraction of sp³-hybridized carbons (Fsp3) is 0.429. The Labute approximate surface area is 315 Å². The van der Waals surface area contributed by atoms with Crippen LogP contribution in [0.25, 0.3) is 21.9 Å². The van der Waals surface area contributed by atoms with Gasteiger partial charge in [0.25, 0.3) is 5.56 Å². The minimum absolute atomic E-state index is 0.0384. The van der Waals surface area contributed by atoms with E-state index in [4.69, 9.17) is 16.3 Å². The fourth-order valence-corrected chi connectivity index (χ4v) is 8.63. The molecule has 3 fully saturated rings. The largest absolute Gasteiger partial charge is 0.496 e. The topological polar surface area (TPSA) is 104 Å². The van der Waals surface area contributed by atoms with Crippen LogP contribution in [0.3, 0.4) is 0 Å². The van der Waals surface area contributed by atoms with Gasteiger partial charge in [0.2, 0.25) is 11.8 Å². The Kier molecular flexibility index (Phi) is 10.9. The number of halogens is 1. The van der Waals surface area contributed by atoms with E-state index in [1.165, 1.54) is 5.56 Å². The molecule has 10 nitrogen and oxygen atoms in total. The van der Waals surface area contributed by atoms with Gasteiger partial charge in [0, 0.05) is 92.9 Å². The first-order valence-electron chi connectivity index (χ1n) is 18.7. The predicted octanol–water partition coefficient (Wildman–Crippen LogP) is 6.36. The number of imide groups is 1. The summed E-state index contributed by atoms with van der Waals surface area (Å²) in [7, 11) is 5.37. The third kappa shape index (κ3) is 7.85. The molecular formula is C42H48ClN5O5. The lowest BCUT2D eigenvalue weighted by atomic mass is 9.87. The number of aromatic nitrogens is 1. The number of carbonyl (C=O) groups is 3. The number of nitrogens with one attached hydrogen (secondary N) is 1. The summed E-state index contributed by atoms with van der Waals surface area (Å²) in [6, 6.07) is 20.4. The number of amides is 4. The lowest BCUT2D eigenvalue weighted by molar-refractivity contribution is -0.136. The normalized spacial score (nSPS) is 19.0. The van der Waals surface area contributed by atoms with Gasteiger partial charge in [0.1, 0.15) is 5.75 Å². The van der Waals surface area contributed by atoms with Crippen LogP contribution in [0.1, 0.15) is 61.1 Å². The van der Waals surface area contributed by atoms with E-state index in [1.807, 2.05) is 59.4 Å². The van der Waals surface area contributed by atoms with Gasteiger partial charge in [0.15, 0.2) is 0 Å². The molecule has 11 heteroatoms. The number of rotatable bonds is 8. The second-order valence-electron chi connectivity index (χ2n) is 14.9. The number of hydrogen-bond acceptors (Lipinski definition) is 6. The zero-order chi connectivity index (χ0) is 37.2. The van der Waals surface area contributed by atoms with Crippen molar-refractivity contribution in [2.24, 2.45) is 13.0 Å². The number of methoxy groups -OCH3 is 1. The molecule has 0 aliphatic carbocycles. The Morgan fingerprint density at radius 3 is 2.30 bits per heavy atom. The number of nitrogens with zero attached hydrogens (tertiary/aromatic N) is 4. The van der Waals surface area contributed by atoms with Gasteiger partial charge in [-0.25, -0.2) is 4.79 Å². The summed E-state index contributed by atoms with van der Waals surface area (Å²) in [6.45, 7) is 3.79. The molecule has 1 unspecified atom stereocenters. The first-order chi connectivity index (χ1) is 25.6. The lowest BCUT2D eigenvalue weighted by Gasteiger charge is -2.40. The second-order valence-corrected chi connectivity index (χ2v) is 15.3. The molecule has 3 aromatic carbocycles. The number of urea groups is 1. The first-order valence-corrected chi connectivity index (χ1v) is 19.1. The highest BCUT2D eigenvalue weighted by atomic mass is 35.5. The number of aryl methyl sites for hydroxylation is 1. The fourth-order valence-electron chi connectivity index (χ4n) is 8.36. The SMILES string of the molecule is COc1cc(-c2cn(C)c(=O)c3ccccc23)cc(Cl)c1CN1CCC(N(C)C(=O)N2CCC(c3ccc(CC4CCC(=O)NC4=O)cc3)CC2)CC1. The Morgan fingerprint density at radius 2 is 1.62 bits per heavy atom. The number of hydrogen-bond donors (Lipinski definition) is 1. The van der Waals surface area contributed by atoms with Crippen LogP contribution in [0.5, 0.6) is 5.75 Å². The van der Waals surface area contributed by atoms with Gasteiger partial charge in [0.05, 0.1) is 7.11 Å². The summed E-state index contributed by atoms with van der Waals surface area (Å²) in [4.78, 5) is 56.4. The van der Waals surface area contributed by atoms with Crippen LogP contribution in [-0.2, 0) is 29.6 Å². The maximum absolute atomic E-state index is 13.6. The van der Waals surface area contributed by atoms with E-state index in [2.05, 4.69) is 34.5 Å². The van der Waals surface area contributed by atoms with Crippen molar-refractivity contribution in [3.63, 3.8) is 0 Å². The summed E-state index contributed by atoms with van der Waals surface area (Å²) in [6.07, 6.45) is 7.11. The van der Waals surface area contributed by atoms with Crippen LogP contribution in [-0.4, -0.2) is 83.5 Å². The third-order valence-corrected chi connectivity index (χ3v) is 12.0. The Morgan fingerprint density at radius 1 is 0.925 bits per heavy atom. The number of pyridine rings is 1. The molecular weight excluding hydrogens is 690 g/mol. The van der Waals surface area contributed by atoms with Crippen molar-refractivity contribution in [3.05, 3.63) is 98.9 Å². The highest BCUT2D eigenvalue weighted by Crippen LogP contribution is 2.37. The van der Waals surface area contributed by atoms with Crippen molar-refractivity contribution in [1.29, 1.82) is 0 Å². The number of carbonyl (C=O) groups excluding carboxylic acids is 3. The molecule has 0 spiro atoms. The second kappa shape index (κ2) is 15.7. The summed E-state index contributed by atoms with van der Waals surface area (Å²) in [5.41, 5.74) is 5.09. The minimum atomic E-state index is -0.181. The van der Waals surface area contributed by atoms with Gasteiger partial charge in [-0.1, -0.05) is 54.1 Å². The molecule has 278 valence electrons. The minimum Gasteiger partial charge on any atom is -0.496 e. The molecule has 4 heterocycles. The van der Waals surface area contributed by atoms with E-state index >= 15 is 0 Å². The van der Waals surface area contributed by atoms with Crippen molar-refractivity contribution >= 4 is 40.2 Å². The van der Waals surface area contributed by atoms with Crippen LogP contribution in [0.15, 0.2) is 71.7 Å². The van der Waals surface area contributed by atoms with Gasteiger partial charge in [-0.15, -0.1) is 0 Å². The number of ether oxygens (including phenoxy) is 1. The van der Waals surface area contributed by atoms with E-state index in [1.54, 1.807) is 18.7 Å². The molecule has 3 saturated heterocycles. The van der Waals surface area contributed by atoms with Gasteiger partial charge < -0.3 is 19.1 Å². The monoisotopic (exact) mass is 737 g/mol. The summed E-state index contributed by atoms with van der Waals surface area (Å²) in [5.74, 6) is 0.611. The number of likely N-dealkylation sites (tertiary alicyclic amines) is 2. The van der Waals surface area contributed by atoms with Gasteiger partial charge in [-0.2, -0.15) is 0 Å². The maximum atomic E-state index is 13.6. The average Bonchev–Trinajstić information content (AvgIpc) is 3.18. The van der Waals surface area contributed by atoms with Crippen LogP contribution in [0, 0.1) is 5.92 Å². The van der Waals surface area contributed by atoms with Crippen LogP contribution < -0.4 is 15.6 Å². The quantitative estimate of drug-likeness (QED) is 0.211. The first kappa shape index (κ1) is 36.7. The molecule has 4 amide bonds. The molecule has 0 bridgehead atoms. The van der Waals surface area contributed by atoms with E-state index < -0.39 is 0 Å². The van der Waals surface area contributed by atoms with E-state index in [0.717, 1.165) is 79.5 Å². The average molecular weight is 738 g/mol. The molecule has 1 atom stereocenters. The standard InChI is InChI=1S/C42H48ClN5O5/c1-45-25-35(33-6-4-5-7-34(33)41(45)51)31-23-37(43)36(38(24-31)53-3)26-47-18-16-32(17-19-47)46(2)42(52)48-20-14-29(15-21-48)28-10-8-27(9-11-28)22-30-12-13-39(49)44-40(30)50/h4-11,23-25,29-30,32H,12-22,26H2,1-3H3,(H,44,49,50). The Hall–Kier alpha value is -4.67. The molecule has 1 N–H and O–H groups in total. The van der Waals surface area contributed by atoms with E-state index in [0.29, 0.717) is 47.9 Å². The van der Waals surface area contributed by atoms with Crippen molar-refractivity contribution < 1.29 is 19.1 Å². The van der Waals surface area contributed by atoms with Crippen LogP contribution >= 0.6 is 11.6 Å². The molecule has 0 radical (unpaired) electrons. The Balaban J connectivity index is 0.912. The van der Waals surface area contributed by atoms with Crippen LogP contribution in [0.4, 0.5) is 4.79 Å². The molecule has 7 rings (SSSR count). The molecule has 53 heavy (non-hydrogen) atoms. The summed E-state index contributed by atoms with van der Waals surface area (Å²) in [5, 5.41) is 4.61.